The highest BCUT2D eigenvalue weighted by Crippen LogP contribution is 2.43. The fraction of sp³-hybridized carbons (Fsp3) is 0.409. The number of carboxylic acid groups (broad SMARTS) is 1. The van der Waals surface area contributed by atoms with Gasteiger partial charge in [0.2, 0.25) is 0 Å². The number of amides is 1. The predicted molar refractivity (Wildman–Crippen MR) is 214 cm³/mol. The average molecular weight is 773 g/mol. The van der Waals surface area contributed by atoms with Crippen molar-refractivity contribution in [2.24, 2.45) is 0 Å². The molecule has 0 radical (unpaired) electrons. The first-order chi connectivity index (χ1) is 27.0. The molecule has 0 aromatic heterocycles. The van der Waals surface area contributed by atoms with E-state index in [4.69, 9.17) is 9.47 Å². The Morgan fingerprint density at radius 2 is 1.59 bits per heavy atom. The molecule has 6 rings (SSSR count). The zero-order chi connectivity index (χ0) is 40.0. The van der Waals surface area contributed by atoms with Crippen LogP contribution in [0.15, 0.2) is 72.8 Å². The number of piperidine rings is 1. The van der Waals surface area contributed by atoms with Gasteiger partial charge in [-0.2, -0.15) is 0 Å². The summed E-state index contributed by atoms with van der Waals surface area (Å²) >= 11 is 0. The number of likely N-dealkylation sites (tertiary alicyclic amines) is 1. The van der Waals surface area contributed by atoms with Gasteiger partial charge in [0, 0.05) is 64.5 Å². The Morgan fingerprint density at radius 3 is 2.20 bits per heavy atom. The lowest BCUT2D eigenvalue weighted by atomic mass is 9.91. The number of hydrogen-bond acceptors (Lipinski definition) is 7. The highest BCUT2D eigenvalue weighted by atomic mass is 19.1. The fourth-order valence-corrected chi connectivity index (χ4v) is 8.10. The Morgan fingerprint density at radius 1 is 0.929 bits per heavy atom. The molecule has 4 aromatic rings. The fourth-order valence-electron chi connectivity index (χ4n) is 8.10. The lowest BCUT2D eigenvalue weighted by Gasteiger charge is -2.36. The smallest absolute Gasteiger partial charge is 0.326 e. The van der Waals surface area contributed by atoms with Gasteiger partial charge in [0.15, 0.2) is 0 Å². The van der Waals surface area contributed by atoms with Gasteiger partial charge in [-0.1, -0.05) is 48.6 Å². The van der Waals surface area contributed by atoms with E-state index in [9.17, 15) is 19.1 Å². The summed E-state index contributed by atoms with van der Waals surface area (Å²) in [6.07, 6.45) is 4.24. The van der Waals surface area contributed by atoms with Crippen LogP contribution in [0.5, 0.6) is 11.5 Å². The lowest BCUT2D eigenvalue weighted by Crippen LogP contribution is -2.47. The summed E-state index contributed by atoms with van der Waals surface area (Å²) in [6, 6.07) is 17.0. The number of rotatable bonds is 14. The van der Waals surface area contributed by atoms with E-state index in [0.717, 1.165) is 27.5 Å². The molecule has 4 aromatic carbocycles. The van der Waals surface area contributed by atoms with Crippen molar-refractivity contribution in [2.45, 2.75) is 51.4 Å². The number of aryl methyl sites for hydroxylation is 1. The van der Waals surface area contributed by atoms with Gasteiger partial charge < -0.3 is 24.8 Å². The molecular formula is C44H51F3N4O5. The van der Waals surface area contributed by atoms with Crippen molar-refractivity contribution in [1.29, 1.82) is 0 Å². The van der Waals surface area contributed by atoms with Crippen LogP contribution in [0, 0.1) is 12.7 Å². The number of halogens is 3. The molecule has 2 aliphatic heterocycles. The summed E-state index contributed by atoms with van der Waals surface area (Å²) in [6.45, 7) is 7.77. The molecule has 2 heterocycles. The van der Waals surface area contributed by atoms with Crippen molar-refractivity contribution < 1.29 is 37.3 Å². The van der Waals surface area contributed by atoms with Crippen LogP contribution in [-0.2, 0) is 17.8 Å². The Labute approximate surface area is 326 Å². The third-order valence-corrected chi connectivity index (χ3v) is 11.1. The monoisotopic (exact) mass is 772 g/mol. The van der Waals surface area contributed by atoms with Gasteiger partial charge in [-0.05, 0) is 84.0 Å². The van der Waals surface area contributed by atoms with Crippen LogP contribution in [-0.4, -0.2) is 105 Å². The van der Waals surface area contributed by atoms with E-state index in [0.29, 0.717) is 93.5 Å². The number of anilines is 1. The van der Waals surface area contributed by atoms with Crippen molar-refractivity contribution in [3.05, 3.63) is 101 Å². The van der Waals surface area contributed by atoms with E-state index in [1.54, 1.807) is 39.4 Å². The minimum atomic E-state index is -1.35. The van der Waals surface area contributed by atoms with Crippen molar-refractivity contribution in [1.82, 2.24) is 15.1 Å². The molecule has 12 heteroatoms. The Balaban J connectivity index is 1.23. The lowest BCUT2D eigenvalue weighted by molar-refractivity contribution is -0.139. The van der Waals surface area contributed by atoms with E-state index < -0.39 is 36.1 Å². The average Bonchev–Trinajstić information content (AvgIpc) is 3.18. The molecule has 0 saturated carbocycles. The van der Waals surface area contributed by atoms with Crippen LogP contribution in [0.25, 0.3) is 21.9 Å². The minimum absolute atomic E-state index is 0.0545. The minimum Gasteiger partial charge on any atom is -0.496 e. The molecule has 0 spiro atoms. The van der Waals surface area contributed by atoms with Gasteiger partial charge in [0.25, 0.3) is 5.91 Å². The highest BCUT2D eigenvalue weighted by Gasteiger charge is 2.32. The third-order valence-electron chi connectivity index (χ3n) is 11.1. The van der Waals surface area contributed by atoms with Crippen LogP contribution in [0.3, 0.4) is 0 Å². The molecule has 0 aliphatic carbocycles. The molecule has 0 unspecified atom stereocenters. The van der Waals surface area contributed by atoms with Crippen molar-refractivity contribution in [3.8, 4) is 22.6 Å². The summed E-state index contributed by atoms with van der Waals surface area (Å²) in [5.41, 5.74) is 2.73. The van der Waals surface area contributed by atoms with Gasteiger partial charge in [-0.3, -0.25) is 14.6 Å². The van der Waals surface area contributed by atoms with Crippen LogP contribution in [0.2, 0.25) is 0 Å². The van der Waals surface area contributed by atoms with Gasteiger partial charge in [0.05, 0.1) is 25.3 Å². The number of nitrogens with one attached hydrogen (secondary N) is 1. The maximum absolute atomic E-state index is 15.6. The van der Waals surface area contributed by atoms with Crippen LogP contribution in [0.1, 0.15) is 46.8 Å². The SMILES string of the molecule is C/C=C/C1(F)CCN(Cc2cc(OC)c(-c3cccc4c(C[C@H](NC(=O)c5c(C)cc(N6CCN(CCF)CC6)cc5F)C(=O)O)cccc34)c(OC)c2)CC1. The number of benzene rings is 4. The van der Waals surface area contributed by atoms with E-state index in [-0.39, 0.29) is 12.0 Å². The second kappa shape index (κ2) is 17.8. The number of methoxy groups -OCH3 is 2. The van der Waals surface area contributed by atoms with E-state index in [2.05, 4.69) is 10.2 Å². The van der Waals surface area contributed by atoms with Crippen molar-refractivity contribution >= 4 is 28.3 Å². The predicted octanol–water partition coefficient (Wildman–Crippen LogP) is 7.37. The van der Waals surface area contributed by atoms with Gasteiger partial charge in [-0.15, -0.1) is 0 Å². The maximum atomic E-state index is 15.6. The third kappa shape index (κ3) is 8.97. The standard InChI is InChI=1S/C44H51F3N4O5/c1-5-12-44(47)13-16-50(17-14-44)28-30-24-38(55-3)41(39(25-30)56-4)35-11-7-9-33-31(8-6-10-34(33)35)26-37(43(53)54)48-42(52)40-29(2)23-32(27-36(40)46)51-21-19-49(18-15-45)20-22-51/h5-12,23-25,27,37H,13-22,26,28H2,1-4H3,(H,48,52)(H,53,54)/b12-5+/t37-/m0/s1. The second-order valence-electron chi connectivity index (χ2n) is 14.7. The topological polar surface area (TPSA) is 94.6 Å². The second-order valence-corrected chi connectivity index (χ2v) is 14.7. The molecule has 2 aliphatic rings. The molecule has 0 bridgehead atoms. The van der Waals surface area contributed by atoms with Gasteiger partial charge >= 0.3 is 5.97 Å². The normalized spacial score (nSPS) is 16.9. The molecule has 1 amide bonds. The number of ether oxygens (including phenoxy) is 2. The first-order valence-electron chi connectivity index (χ1n) is 19.2. The number of nitrogens with zero attached hydrogens (tertiary/aromatic N) is 3. The summed E-state index contributed by atoms with van der Waals surface area (Å²) in [5, 5.41) is 14.5. The molecular weight excluding hydrogens is 722 g/mol. The number of alkyl halides is 2. The molecule has 2 N–H and O–H groups in total. The van der Waals surface area contributed by atoms with Crippen LogP contribution < -0.4 is 19.7 Å². The van der Waals surface area contributed by atoms with Crippen molar-refractivity contribution in [3.63, 3.8) is 0 Å². The number of piperazine rings is 1. The summed E-state index contributed by atoms with van der Waals surface area (Å²) in [5.74, 6) is -1.60. The van der Waals surface area contributed by atoms with Gasteiger partial charge in [-0.25, -0.2) is 18.0 Å². The number of allylic oxidation sites excluding steroid dienone is 2. The summed E-state index contributed by atoms with van der Waals surface area (Å²) < 4.78 is 55.3. The Hall–Kier alpha value is -5.07. The highest BCUT2D eigenvalue weighted by molar-refractivity contribution is 6.02. The first kappa shape index (κ1) is 40.6. The number of carbonyl (C=O) groups excluding carboxylic acids is 1. The number of carbonyl (C=O) groups is 2. The summed E-state index contributed by atoms with van der Waals surface area (Å²) in [4.78, 5) is 32.4. The Kier molecular flexibility index (Phi) is 12.9. The first-order valence-corrected chi connectivity index (χ1v) is 19.2. The molecule has 298 valence electrons. The molecule has 56 heavy (non-hydrogen) atoms. The van der Waals surface area contributed by atoms with Crippen LogP contribution >= 0.6 is 0 Å². The number of carboxylic acids is 1. The number of fused-ring (bicyclic) bond motifs is 1. The van der Waals surface area contributed by atoms with E-state index in [1.165, 1.54) is 6.07 Å². The molecule has 2 saturated heterocycles. The van der Waals surface area contributed by atoms with Gasteiger partial charge in [0.1, 0.15) is 35.7 Å². The zero-order valence-corrected chi connectivity index (χ0v) is 32.5. The quantitative estimate of drug-likeness (QED) is 0.129. The van der Waals surface area contributed by atoms with E-state index >= 15 is 8.78 Å². The molecule has 9 nitrogen and oxygen atoms in total. The maximum Gasteiger partial charge on any atom is 0.326 e. The number of aliphatic carboxylic acids is 1. The Bertz CT molecular complexity index is 2030. The summed E-state index contributed by atoms with van der Waals surface area (Å²) in [7, 11) is 3.20. The van der Waals surface area contributed by atoms with Crippen LogP contribution in [0.4, 0.5) is 18.9 Å². The zero-order valence-electron chi connectivity index (χ0n) is 32.5. The van der Waals surface area contributed by atoms with Crippen molar-refractivity contribution in [2.75, 3.05) is 71.6 Å². The number of hydrogen-bond donors (Lipinski definition) is 2. The largest absolute Gasteiger partial charge is 0.496 e. The van der Waals surface area contributed by atoms with E-state index in [1.807, 2.05) is 65.3 Å². The molecule has 2 fully saturated rings. The molecule has 1 atom stereocenters.